The summed E-state index contributed by atoms with van der Waals surface area (Å²) in [5.74, 6) is -0.0363. The van der Waals surface area contributed by atoms with Crippen molar-refractivity contribution < 1.29 is 17.9 Å². The molecule has 1 aliphatic heterocycles. The monoisotopic (exact) mass is 340 g/mol. The van der Waals surface area contributed by atoms with Crippen molar-refractivity contribution in [2.24, 2.45) is 5.92 Å². The molecular formula is C16H24N2O4S. The van der Waals surface area contributed by atoms with Gasteiger partial charge in [0.15, 0.2) is 0 Å². The summed E-state index contributed by atoms with van der Waals surface area (Å²) >= 11 is 0. The average Bonchev–Trinajstić information content (AvgIpc) is 2.99. The first-order valence-corrected chi connectivity index (χ1v) is 9.50. The molecule has 1 aromatic rings. The topological polar surface area (TPSA) is 84.5 Å². The van der Waals surface area contributed by atoms with E-state index in [2.05, 4.69) is 10.0 Å². The number of hydrogen-bond acceptors (Lipinski definition) is 4. The largest absolute Gasteiger partial charge is 0.368 e. The Labute approximate surface area is 137 Å². The molecule has 1 unspecified atom stereocenters. The summed E-state index contributed by atoms with van der Waals surface area (Å²) in [6.45, 7) is 4.92. The molecule has 1 fully saturated rings. The van der Waals surface area contributed by atoms with Gasteiger partial charge in [-0.25, -0.2) is 13.1 Å². The molecular weight excluding hydrogens is 316 g/mol. The molecule has 1 atom stereocenters. The molecule has 23 heavy (non-hydrogen) atoms. The molecule has 1 saturated heterocycles. The van der Waals surface area contributed by atoms with E-state index in [1.807, 2.05) is 13.8 Å². The maximum Gasteiger partial charge on any atom is 0.253 e. The van der Waals surface area contributed by atoms with Crippen LogP contribution >= 0.6 is 0 Å². The predicted molar refractivity (Wildman–Crippen MR) is 89.5 cm³/mol. The first-order valence-electron chi connectivity index (χ1n) is 7.84. The van der Waals surface area contributed by atoms with Crippen LogP contribution in [-0.4, -0.2) is 33.6 Å². The molecule has 0 aliphatic carbocycles. The Bertz CT molecular complexity index is 637. The lowest BCUT2D eigenvalue weighted by atomic mass is 10.2. The van der Waals surface area contributed by atoms with E-state index in [1.54, 1.807) is 24.3 Å². The van der Waals surface area contributed by atoms with Crippen LogP contribution in [0.2, 0.25) is 0 Å². The zero-order chi connectivity index (χ0) is 16.9. The van der Waals surface area contributed by atoms with Gasteiger partial charge in [0.2, 0.25) is 10.0 Å². The standard InChI is InChI=1S/C16H24N2O4S/c1-12(2)10-17-23(20,21)11-13-5-3-6-14(9-13)18-16(19)15-7-4-8-22-15/h3,5-6,9,12,15,17H,4,7-8,10-11H2,1-2H3,(H,18,19). The quantitative estimate of drug-likeness (QED) is 0.794. The first kappa shape index (κ1) is 17.9. The Kier molecular flexibility index (Phi) is 6.15. The van der Waals surface area contributed by atoms with Crippen LogP contribution in [0.3, 0.4) is 0 Å². The van der Waals surface area contributed by atoms with Gasteiger partial charge in [0, 0.05) is 18.8 Å². The fourth-order valence-electron chi connectivity index (χ4n) is 2.31. The van der Waals surface area contributed by atoms with E-state index in [4.69, 9.17) is 4.74 Å². The summed E-state index contributed by atoms with van der Waals surface area (Å²) in [5.41, 5.74) is 1.22. The van der Waals surface area contributed by atoms with Crippen LogP contribution in [0.5, 0.6) is 0 Å². The summed E-state index contributed by atoms with van der Waals surface area (Å²) in [6, 6.07) is 6.89. The SMILES string of the molecule is CC(C)CNS(=O)(=O)Cc1cccc(NC(=O)C2CCCO2)c1. The van der Waals surface area contributed by atoms with Crippen LogP contribution in [0.4, 0.5) is 5.69 Å². The van der Waals surface area contributed by atoms with Gasteiger partial charge in [0.1, 0.15) is 6.10 Å². The number of sulfonamides is 1. The van der Waals surface area contributed by atoms with Gasteiger partial charge in [-0.05, 0) is 36.5 Å². The molecule has 0 radical (unpaired) electrons. The number of benzene rings is 1. The van der Waals surface area contributed by atoms with E-state index >= 15 is 0 Å². The molecule has 1 aromatic carbocycles. The highest BCUT2D eigenvalue weighted by atomic mass is 32.2. The Balaban J connectivity index is 1.97. The lowest BCUT2D eigenvalue weighted by Gasteiger charge is -2.12. The van der Waals surface area contributed by atoms with Crippen LogP contribution in [0, 0.1) is 5.92 Å². The molecule has 6 nitrogen and oxygen atoms in total. The van der Waals surface area contributed by atoms with Gasteiger partial charge in [0.05, 0.1) is 5.75 Å². The van der Waals surface area contributed by atoms with E-state index < -0.39 is 16.1 Å². The van der Waals surface area contributed by atoms with Crippen LogP contribution in [0.1, 0.15) is 32.3 Å². The van der Waals surface area contributed by atoms with E-state index in [0.717, 1.165) is 12.8 Å². The maximum atomic E-state index is 12.0. The van der Waals surface area contributed by atoms with E-state index in [1.165, 1.54) is 0 Å². The molecule has 1 aliphatic rings. The number of nitrogens with one attached hydrogen (secondary N) is 2. The Morgan fingerprint density at radius 3 is 2.83 bits per heavy atom. The van der Waals surface area contributed by atoms with E-state index in [9.17, 15) is 13.2 Å². The van der Waals surface area contributed by atoms with Crippen molar-refractivity contribution in [2.75, 3.05) is 18.5 Å². The molecule has 1 amide bonds. The van der Waals surface area contributed by atoms with Gasteiger partial charge in [-0.1, -0.05) is 26.0 Å². The first-order chi connectivity index (χ1) is 10.9. The van der Waals surface area contributed by atoms with Crippen molar-refractivity contribution in [3.05, 3.63) is 29.8 Å². The zero-order valence-electron chi connectivity index (χ0n) is 13.5. The van der Waals surface area contributed by atoms with Gasteiger partial charge in [0.25, 0.3) is 5.91 Å². The summed E-state index contributed by atoms with van der Waals surface area (Å²) < 4.78 is 32.0. The smallest absolute Gasteiger partial charge is 0.253 e. The number of carbonyl (C=O) groups excluding carboxylic acids is 1. The normalized spacial score (nSPS) is 18.3. The number of anilines is 1. The lowest BCUT2D eigenvalue weighted by Crippen LogP contribution is -2.29. The molecule has 2 rings (SSSR count). The third-order valence-corrected chi connectivity index (χ3v) is 4.80. The summed E-state index contributed by atoms with van der Waals surface area (Å²) in [7, 11) is -3.38. The van der Waals surface area contributed by atoms with Crippen molar-refractivity contribution in [3.8, 4) is 0 Å². The third-order valence-electron chi connectivity index (χ3n) is 3.48. The number of hydrogen-bond donors (Lipinski definition) is 2. The van der Waals surface area contributed by atoms with Gasteiger partial charge < -0.3 is 10.1 Å². The molecule has 0 bridgehead atoms. The highest BCUT2D eigenvalue weighted by Gasteiger charge is 2.23. The second kappa shape index (κ2) is 7.90. The molecule has 0 saturated carbocycles. The lowest BCUT2D eigenvalue weighted by molar-refractivity contribution is -0.124. The highest BCUT2D eigenvalue weighted by Crippen LogP contribution is 2.17. The molecule has 0 aromatic heterocycles. The summed E-state index contributed by atoms with van der Waals surface area (Å²) in [4.78, 5) is 12.0. The van der Waals surface area contributed by atoms with E-state index in [-0.39, 0.29) is 17.6 Å². The minimum atomic E-state index is -3.38. The van der Waals surface area contributed by atoms with Gasteiger partial charge in [-0.3, -0.25) is 4.79 Å². The predicted octanol–water partition coefficient (Wildman–Crippen LogP) is 1.88. The number of ether oxygens (including phenoxy) is 1. The molecule has 128 valence electrons. The van der Waals surface area contributed by atoms with Crippen molar-refractivity contribution in [3.63, 3.8) is 0 Å². The average molecular weight is 340 g/mol. The fraction of sp³-hybridized carbons (Fsp3) is 0.562. The Morgan fingerprint density at radius 1 is 1.39 bits per heavy atom. The number of amides is 1. The van der Waals surface area contributed by atoms with Crippen molar-refractivity contribution in [1.82, 2.24) is 4.72 Å². The van der Waals surface area contributed by atoms with Crippen LogP contribution in [0.15, 0.2) is 24.3 Å². The van der Waals surface area contributed by atoms with E-state index in [0.29, 0.717) is 24.4 Å². The van der Waals surface area contributed by atoms with Gasteiger partial charge in [-0.15, -0.1) is 0 Å². The van der Waals surface area contributed by atoms with Crippen LogP contribution in [0.25, 0.3) is 0 Å². The van der Waals surface area contributed by atoms with Crippen molar-refractivity contribution in [2.45, 2.75) is 38.5 Å². The molecule has 1 heterocycles. The van der Waals surface area contributed by atoms with Crippen molar-refractivity contribution >= 4 is 21.6 Å². The Hall–Kier alpha value is -1.44. The minimum Gasteiger partial charge on any atom is -0.368 e. The maximum absolute atomic E-state index is 12.0. The Morgan fingerprint density at radius 2 is 2.17 bits per heavy atom. The second-order valence-corrected chi connectivity index (χ2v) is 8.00. The minimum absolute atomic E-state index is 0.108. The van der Waals surface area contributed by atoms with Crippen molar-refractivity contribution in [1.29, 1.82) is 0 Å². The molecule has 7 heteroatoms. The van der Waals surface area contributed by atoms with Gasteiger partial charge >= 0.3 is 0 Å². The molecule has 2 N–H and O–H groups in total. The number of carbonyl (C=O) groups is 1. The summed E-state index contributed by atoms with van der Waals surface area (Å²) in [5, 5.41) is 2.78. The highest BCUT2D eigenvalue weighted by molar-refractivity contribution is 7.88. The second-order valence-electron chi connectivity index (χ2n) is 6.19. The third kappa shape index (κ3) is 5.93. The number of rotatable bonds is 7. The van der Waals surface area contributed by atoms with Crippen LogP contribution in [-0.2, 0) is 25.3 Å². The summed E-state index contributed by atoms with van der Waals surface area (Å²) in [6.07, 6.45) is 1.20. The zero-order valence-corrected chi connectivity index (χ0v) is 14.4. The van der Waals surface area contributed by atoms with Gasteiger partial charge in [-0.2, -0.15) is 0 Å². The van der Waals surface area contributed by atoms with Crippen LogP contribution < -0.4 is 10.0 Å². The fourth-order valence-corrected chi connectivity index (χ4v) is 3.62. The molecule has 0 spiro atoms.